The number of amides is 2. The lowest BCUT2D eigenvalue weighted by atomic mass is 9.97. The van der Waals surface area contributed by atoms with Crippen LogP contribution in [-0.4, -0.2) is 84.3 Å². The molecule has 3 heterocycles. The fourth-order valence-electron chi connectivity index (χ4n) is 3.25. The number of hydrogen-bond acceptors (Lipinski definition) is 6. The molecule has 0 radical (unpaired) electrons. The predicted octanol–water partition coefficient (Wildman–Crippen LogP) is 1.83. The summed E-state index contributed by atoms with van der Waals surface area (Å²) in [4.78, 5) is 40.9. The Morgan fingerprint density at radius 1 is 1.26 bits per heavy atom. The van der Waals surface area contributed by atoms with Crippen molar-refractivity contribution >= 4 is 33.5 Å². The van der Waals surface area contributed by atoms with Crippen LogP contribution >= 0.6 is 11.3 Å². The molecule has 8 heteroatoms. The van der Waals surface area contributed by atoms with E-state index in [1.165, 1.54) is 11.3 Å². The SMILES string of the molecule is CN(C)C/C=C/C(=O)N1CCC(c2c(C(=O)N(C)C)sc3nccnc23)C1. The number of carbonyl (C=O) groups is 2. The van der Waals surface area contributed by atoms with Gasteiger partial charge in [-0.1, -0.05) is 6.08 Å². The second kappa shape index (κ2) is 8.14. The number of aromatic nitrogens is 2. The lowest BCUT2D eigenvalue weighted by molar-refractivity contribution is -0.125. The molecule has 0 aromatic carbocycles. The number of likely N-dealkylation sites (N-methyl/N-ethyl adjacent to an activating group) is 1. The second-order valence-electron chi connectivity index (χ2n) is 7.19. The Morgan fingerprint density at radius 3 is 2.70 bits per heavy atom. The summed E-state index contributed by atoms with van der Waals surface area (Å²) in [5, 5.41) is 0. The Hall–Kier alpha value is -2.32. The summed E-state index contributed by atoms with van der Waals surface area (Å²) in [6, 6.07) is 0. The molecule has 1 saturated heterocycles. The van der Waals surface area contributed by atoms with Crippen LogP contribution in [0.25, 0.3) is 10.3 Å². The molecule has 144 valence electrons. The minimum Gasteiger partial charge on any atom is -0.344 e. The number of carbonyl (C=O) groups excluding carboxylic acids is 2. The van der Waals surface area contributed by atoms with E-state index >= 15 is 0 Å². The molecule has 0 aliphatic carbocycles. The Labute approximate surface area is 163 Å². The number of fused-ring (bicyclic) bond motifs is 1. The molecule has 2 aromatic heterocycles. The van der Waals surface area contributed by atoms with Crippen molar-refractivity contribution in [2.24, 2.45) is 0 Å². The molecule has 1 aliphatic rings. The van der Waals surface area contributed by atoms with Gasteiger partial charge in [0.2, 0.25) is 5.91 Å². The van der Waals surface area contributed by atoms with E-state index in [1.54, 1.807) is 37.5 Å². The summed E-state index contributed by atoms with van der Waals surface area (Å²) in [6.45, 7) is 2.01. The molecule has 2 aromatic rings. The predicted molar refractivity (Wildman–Crippen MR) is 107 cm³/mol. The summed E-state index contributed by atoms with van der Waals surface area (Å²) in [5.74, 6) is 0.0801. The van der Waals surface area contributed by atoms with Crippen molar-refractivity contribution in [3.63, 3.8) is 0 Å². The van der Waals surface area contributed by atoms with Crippen LogP contribution in [0, 0.1) is 0 Å². The average molecular weight is 388 g/mol. The minimum atomic E-state index is -0.0366. The van der Waals surface area contributed by atoms with E-state index in [0.717, 1.165) is 28.9 Å². The summed E-state index contributed by atoms with van der Waals surface area (Å²) in [6.07, 6.45) is 7.64. The van der Waals surface area contributed by atoms with Crippen LogP contribution in [0.15, 0.2) is 24.5 Å². The minimum absolute atomic E-state index is 0.0189. The molecular formula is C19H25N5O2S. The maximum absolute atomic E-state index is 12.7. The molecule has 0 saturated carbocycles. The first kappa shape index (κ1) is 19.4. The fraction of sp³-hybridized carbons (Fsp3) is 0.474. The van der Waals surface area contributed by atoms with Gasteiger partial charge in [0.1, 0.15) is 10.3 Å². The molecule has 1 aliphatic heterocycles. The van der Waals surface area contributed by atoms with Crippen LogP contribution in [0.5, 0.6) is 0 Å². The lowest BCUT2D eigenvalue weighted by Gasteiger charge is -2.16. The van der Waals surface area contributed by atoms with Gasteiger partial charge in [0.25, 0.3) is 5.91 Å². The molecule has 0 bridgehead atoms. The Balaban J connectivity index is 1.86. The second-order valence-corrected chi connectivity index (χ2v) is 8.19. The normalized spacial score (nSPS) is 17.4. The van der Waals surface area contributed by atoms with E-state index in [2.05, 4.69) is 9.97 Å². The van der Waals surface area contributed by atoms with Crippen LogP contribution in [0.2, 0.25) is 0 Å². The zero-order valence-electron chi connectivity index (χ0n) is 16.2. The van der Waals surface area contributed by atoms with E-state index in [0.29, 0.717) is 18.0 Å². The van der Waals surface area contributed by atoms with Gasteiger partial charge in [-0.15, -0.1) is 11.3 Å². The highest BCUT2D eigenvalue weighted by Gasteiger charge is 2.33. The highest BCUT2D eigenvalue weighted by molar-refractivity contribution is 7.20. The van der Waals surface area contributed by atoms with Gasteiger partial charge in [0.15, 0.2) is 0 Å². The van der Waals surface area contributed by atoms with Crippen LogP contribution in [0.4, 0.5) is 0 Å². The molecule has 0 N–H and O–H groups in total. The van der Waals surface area contributed by atoms with Gasteiger partial charge in [-0.2, -0.15) is 0 Å². The third-order valence-electron chi connectivity index (χ3n) is 4.60. The molecule has 0 spiro atoms. The van der Waals surface area contributed by atoms with Crippen LogP contribution in [-0.2, 0) is 4.79 Å². The van der Waals surface area contributed by atoms with Gasteiger partial charge in [0, 0.05) is 63.7 Å². The number of nitrogens with zero attached hydrogens (tertiary/aromatic N) is 5. The number of hydrogen-bond donors (Lipinski definition) is 0. The first-order valence-electron chi connectivity index (χ1n) is 8.93. The molecule has 7 nitrogen and oxygen atoms in total. The van der Waals surface area contributed by atoms with Gasteiger partial charge >= 0.3 is 0 Å². The summed E-state index contributed by atoms with van der Waals surface area (Å²) in [5.41, 5.74) is 1.73. The third-order valence-corrected chi connectivity index (χ3v) is 5.69. The van der Waals surface area contributed by atoms with Crippen molar-refractivity contribution in [3.05, 3.63) is 35.0 Å². The largest absolute Gasteiger partial charge is 0.344 e. The van der Waals surface area contributed by atoms with Crippen molar-refractivity contribution in [3.8, 4) is 0 Å². The Bertz CT molecular complexity index is 874. The van der Waals surface area contributed by atoms with Gasteiger partial charge in [-0.05, 0) is 20.5 Å². The molecule has 2 amide bonds. The van der Waals surface area contributed by atoms with Crippen molar-refractivity contribution in [1.82, 2.24) is 24.7 Å². The monoisotopic (exact) mass is 387 g/mol. The smallest absolute Gasteiger partial charge is 0.263 e. The topological polar surface area (TPSA) is 69.6 Å². The summed E-state index contributed by atoms with van der Waals surface area (Å²) in [7, 11) is 7.42. The Morgan fingerprint density at radius 2 is 2.00 bits per heavy atom. The van der Waals surface area contributed by atoms with Crippen molar-refractivity contribution in [2.45, 2.75) is 12.3 Å². The van der Waals surface area contributed by atoms with Crippen LogP contribution < -0.4 is 0 Å². The third kappa shape index (κ3) is 4.17. The van der Waals surface area contributed by atoms with Crippen LogP contribution in [0.1, 0.15) is 27.6 Å². The van der Waals surface area contributed by atoms with E-state index in [-0.39, 0.29) is 17.7 Å². The van der Waals surface area contributed by atoms with Gasteiger partial charge < -0.3 is 14.7 Å². The van der Waals surface area contributed by atoms with E-state index in [9.17, 15) is 9.59 Å². The average Bonchev–Trinajstić information content (AvgIpc) is 3.24. The van der Waals surface area contributed by atoms with Crippen molar-refractivity contribution in [1.29, 1.82) is 0 Å². The molecule has 1 unspecified atom stereocenters. The number of rotatable bonds is 5. The maximum atomic E-state index is 12.7. The summed E-state index contributed by atoms with van der Waals surface area (Å²) < 4.78 is 0. The van der Waals surface area contributed by atoms with E-state index in [4.69, 9.17) is 0 Å². The maximum Gasteiger partial charge on any atom is 0.263 e. The standard InChI is InChI=1S/C19H25N5O2S/c1-22(2)10-5-6-14(25)24-11-7-13(12-24)15-16-18(21-9-8-20-16)27-17(15)19(26)23(3)4/h5-6,8-9,13H,7,10-12H2,1-4H3/b6-5+. The molecule has 3 rings (SSSR count). The van der Waals surface area contributed by atoms with Crippen molar-refractivity contribution < 1.29 is 9.59 Å². The van der Waals surface area contributed by atoms with Gasteiger partial charge in [-0.25, -0.2) is 4.98 Å². The quantitative estimate of drug-likeness (QED) is 0.732. The highest BCUT2D eigenvalue weighted by Crippen LogP contribution is 2.38. The molecule has 1 fully saturated rings. The van der Waals surface area contributed by atoms with Crippen molar-refractivity contribution in [2.75, 3.05) is 47.8 Å². The molecular weight excluding hydrogens is 362 g/mol. The van der Waals surface area contributed by atoms with Gasteiger partial charge in [0.05, 0.1) is 4.88 Å². The Kier molecular flexibility index (Phi) is 5.86. The fourth-order valence-corrected chi connectivity index (χ4v) is 4.46. The first-order valence-corrected chi connectivity index (χ1v) is 9.75. The lowest BCUT2D eigenvalue weighted by Crippen LogP contribution is -2.27. The van der Waals surface area contributed by atoms with Gasteiger partial charge in [-0.3, -0.25) is 14.6 Å². The highest BCUT2D eigenvalue weighted by atomic mass is 32.1. The van der Waals surface area contributed by atoms with E-state index < -0.39 is 0 Å². The zero-order valence-corrected chi connectivity index (χ0v) is 17.0. The number of thiophene rings is 1. The molecule has 27 heavy (non-hydrogen) atoms. The zero-order chi connectivity index (χ0) is 19.6. The van der Waals surface area contributed by atoms with E-state index in [1.807, 2.05) is 30.0 Å². The number of likely N-dealkylation sites (tertiary alicyclic amines) is 1. The summed E-state index contributed by atoms with van der Waals surface area (Å²) >= 11 is 1.39. The first-order chi connectivity index (χ1) is 12.9. The molecule has 1 atom stereocenters. The van der Waals surface area contributed by atoms with Crippen LogP contribution in [0.3, 0.4) is 0 Å².